The van der Waals surface area contributed by atoms with E-state index in [9.17, 15) is 4.79 Å². The predicted molar refractivity (Wildman–Crippen MR) is 50.6 cm³/mol. The third-order valence-electron chi connectivity index (χ3n) is 2.02. The second kappa shape index (κ2) is 3.60. The third kappa shape index (κ3) is 2.08. The Hall–Kier alpha value is -1.32. The minimum atomic E-state index is -0.0423. The lowest BCUT2D eigenvalue weighted by Gasteiger charge is -2.19. The van der Waals surface area contributed by atoms with Gasteiger partial charge in [0.05, 0.1) is 0 Å². The van der Waals surface area contributed by atoms with Gasteiger partial charge in [-0.2, -0.15) is 5.10 Å². The van der Waals surface area contributed by atoms with Crippen molar-refractivity contribution >= 4 is 5.91 Å². The number of rotatable bonds is 2. The van der Waals surface area contributed by atoms with Gasteiger partial charge in [-0.25, -0.2) is 0 Å². The van der Waals surface area contributed by atoms with Gasteiger partial charge in [0, 0.05) is 18.8 Å². The maximum absolute atomic E-state index is 11.6. The van der Waals surface area contributed by atoms with Crippen LogP contribution in [0.5, 0.6) is 0 Å². The molecule has 1 aromatic rings. The third-order valence-corrected chi connectivity index (χ3v) is 2.02. The average molecular weight is 181 g/mol. The normalized spacial score (nSPS) is 10.5. The molecule has 72 valence electrons. The van der Waals surface area contributed by atoms with Crippen LogP contribution in [0.15, 0.2) is 6.07 Å². The molecule has 4 heteroatoms. The van der Waals surface area contributed by atoms with Gasteiger partial charge in [0.2, 0.25) is 0 Å². The van der Waals surface area contributed by atoms with E-state index in [2.05, 4.69) is 10.2 Å². The Bertz CT molecular complexity index is 304. The van der Waals surface area contributed by atoms with Gasteiger partial charge >= 0.3 is 0 Å². The number of carbonyl (C=O) groups is 1. The second-order valence-electron chi connectivity index (χ2n) is 3.45. The molecule has 0 fully saturated rings. The van der Waals surface area contributed by atoms with E-state index < -0.39 is 0 Å². The Balaban J connectivity index is 2.79. The highest BCUT2D eigenvalue weighted by Crippen LogP contribution is 2.04. The van der Waals surface area contributed by atoms with Gasteiger partial charge < -0.3 is 4.90 Å². The molecule has 1 N–H and O–H groups in total. The molecule has 1 rings (SSSR count). The van der Waals surface area contributed by atoms with Crippen LogP contribution in [0.4, 0.5) is 0 Å². The van der Waals surface area contributed by atoms with Crippen LogP contribution < -0.4 is 0 Å². The molecule has 0 unspecified atom stereocenters. The number of nitrogens with one attached hydrogen (secondary N) is 1. The zero-order chi connectivity index (χ0) is 10.0. The number of nitrogens with zero attached hydrogens (tertiary/aromatic N) is 2. The minimum Gasteiger partial charge on any atom is -0.338 e. The molecular weight excluding hydrogens is 166 g/mol. The Morgan fingerprint density at radius 1 is 1.62 bits per heavy atom. The van der Waals surface area contributed by atoms with Gasteiger partial charge in [0.1, 0.15) is 5.69 Å². The molecule has 0 saturated heterocycles. The molecule has 0 radical (unpaired) electrons. The predicted octanol–water partition coefficient (Wildman–Crippen LogP) is 1.20. The quantitative estimate of drug-likeness (QED) is 0.745. The molecule has 0 spiro atoms. The molecular formula is C9H15N3O. The summed E-state index contributed by atoms with van der Waals surface area (Å²) >= 11 is 0. The monoisotopic (exact) mass is 181 g/mol. The smallest absolute Gasteiger partial charge is 0.274 e. The lowest BCUT2D eigenvalue weighted by molar-refractivity contribution is 0.0749. The van der Waals surface area contributed by atoms with Crippen molar-refractivity contribution < 1.29 is 4.79 Å². The molecule has 13 heavy (non-hydrogen) atoms. The molecule has 0 aliphatic carbocycles. The van der Waals surface area contributed by atoms with Crippen molar-refractivity contribution in [2.75, 3.05) is 7.05 Å². The van der Waals surface area contributed by atoms with E-state index in [1.807, 2.05) is 20.8 Å². The summed E-state index contributed by atoms with van der Waals surface area (Å²) in [5.41, 5.74) is 1.38. The van der Waals surface area contributed by atoms with Crippen LogP contribution >= 0.6 is 0 Å². The standard InChI is InChI=1S/C9H15N3O/c1-6(2)12(4)9(13)8-5-7(3)10-11-8/h5-6H,1-4H3,(H,10,11). The molecule has 1 amide bonds. The van der Waals surface area contributed by atoms with Gasteiger partial charge in [0.15, 0.2) is 0 Å². The number of aryl methyl sites for hydroxylation is 1. The number of carbonyl (C=O) groups excluding carboxylic acids is 1. The Morgan fingerprint density at radius 3 is 2.62 bits per heavy atom. The Labute approximate surface area is 77.9 Å². The van der Waals surface area contributed by atoms with E-state index in [-0.39, 0.29) is 11.9 Å². The van der Waals surface area contributed by atoms with E-state index in [0.717, 1.165) is 5.69 Å². The second-order valence-corrected chi connectivity index (χ2v) is 3.45. The van der Waals surface area contributed by atoms with Crippen LogP contribution in [0, 0.1) is 6.92 Å². The first-order valence-corrected chi connectivity index (χ1v) is 4.31. The van der Waals surface area contributed by atoms with Crippen molar-refractivity contribution in [3.63, 3.8) is 0 Å². The zero-order valence-corrected chi connectivity index (χ0v) is 8.46. The van der Waals surface area contributed by atoms with Gasteiger partial charge in [-0.1, -0.05) is 0 Å². The molecule has 0 aliphatic heterocycles. The summed E-state index contributed by atoms with van der Waals surface area (Å²) in [4.78, 5) is 13.3. The maximum Gasteiger partial charge on any atom is 0.274 e. The van der Waals surface area contributed by atoms with Gasteiger partial charge in [-0.15, -0.1) is 0 Å². The minimum absolute atomic E-state index is 0.0423. The number of aromatic amines is 1. The summed E-state index contributed by atoms with van der Waals surface area (Å²) in [5.74, 6) is -0.0423. The maximum atomic E-state index is 11.6. The van der Waals surface area contributed by atoms with E-state index in [1.54, 1.807) is 18.0 Å². The van der Waals surface area contributed by atoms with Crippen molar-refractivity contribution in [3.8, 4) is 0 Å². The lowest BCUT2D eigenvalue weighted by Crippen LogP contribution is -2.33. The van der Waals surface area contributed by atoms with Crippen molar-refractivity contribution in [2.24, 2.45) is 0 Å². The fourth-order valence-corrected chi connectivity index (χ4v) is 0.943. The first kappa shape index (κ1) is 9.77. The van der Waals surface area contributed by atoms with Gasteiger partial charge in [-0.05, 0) is 26.8 Å². The van der Waals surface area contributed by atoms with Crippen LogP contribution in [0.2, 0.25) is 0 Å². The first-order chi connectivity index (χ1) is 6.02. The highest BCUT2D eigenvalue weighted by atomic mass is 16.2. The lowest BCUT2D eigenvalue weighted by atomic mass is 10.3. The van der Waals surface area contributed by atoms with Crippen LogP contribution in [-0.2, 0) is 0 Å². The Kier molecular flexibility index (Phi) is 2.70. The highest BCUT2D eigenvalue weighted by molar-refractivity contribution is 5.92. The number of hydrogen-bond donors (Lipinski definition) is 1. The fourth-order valence-electron chi connectivity index (χ4n) is 0.943. The van der Waals surface area contributed by atoms with E-state index >= 15 is 0 Å². The molecule has 1 heterocycles. The van der Waals surface area contributed by atoms with Crippen LogP contribution in [0.1, 0.15) is 30.0 Å². The van der Waals surface area contributed by atoms with Crippen molar-refractivity contribution in [2.45, 2.75) is 26.8 Å². The Morgan fingerprint density at radius 2 is 2.23 bits per heavy atom. The van der Waals surface area contributed by atoms with Gasteiger partial charge in [0.25, 0.3) is 5.91 Å². The first-order valence-electron chi connectivity index (χ1n) is 4.31. The highest BCUT2D eigenvalue weighted by Gasteiger charge is 2.16. The molecule has 0 atom stereocenters. The summed E-state index contributed by atoms with van der Waals surface area (Å²) in [6, 6.07) is 1.95. The van der Waals surface area contributed by atoms with Crippen LogP contribution in [-0.4, -0.2) is 34.1 Å². The van der Waals surface area contributed by atoms with Crippen molar-refractivity contribution in [3.05, 3.63) is 17.5 Å². The molecule has 1 aromatic heterocycles. The van der Waals surface area contributed by atoms with E-state index in [4.69, 9.17) is 0 Å². The van der Waals surface area contributed by atoms with E-state index in [1.165, 1.54) is 0 Å². The summed E-state index contributed by atoms with van der Waals surface area (Å²) in [6.07, 6.45) is 0. The molecule has 0 aliphatic rings. The summed E-state index contributed by atoms with van der Waals surface area (Å²) < 4.78 is 0. The SMILES string of the molecule is Cc1cc(C(=O)N(C)C(C)C)n[nH]1. The van der Waals surface area contributed by atoms with Crippen LogP contribution in [0.3, 0.4) is 0 Å². The number of H-pyrrole nitrogens is 1. The number of aromatic nitrogens is 2. The topological polar surface area (TPSA) is 49.0 Å². The van der Waals surface area contributed by atoms with Crippen molar-refractivity contribution in [1.82, 2.24) is 15.1 Å². The zero-order valence-electron chi connectivity index (χ0n) is 8.46. The summed E-state index contributed by atoms with van der Waals surface area (Å²) in [5, 5.41) is 6.65. The van der Waals surface area contributed by atoms with Crippen LogP contribution in [0.25, 0.3) is 0 Å². The van der Waals surface area contributed by atoms with E-state index in [0.29, 0.717) is 5.69 Å². The van der Waals surface area contributed by atoms with Gasteiger partial charge in [-0.3, -0.25) is 9.89 Å². The molecule has 0 aromatic carbocycles. The summed E-state index contributed by atoms with van der Waals surface area (Å²) in [7, 11) is 1.77. The number of amides is 1. The molecule has 4 nitrogen and oxygen atoms in total. The molecule has 0 saturated carbocycles. The fraction of sp³-hybridized carbons (Fsp3) is 0.556. The van der Waals surface area contributed by atoms with Crippen molar-refractivity contribution in [1.29, 1.82) is 0 Å². The number of hydrogen-bond acceptors (Lipinski definition) is 2. The summed E-state index contributed by atoms with van der Waals surface area (Å²) in [6.45, 7) is 5.81. The largest absolute Gasteiger partial charge is 0.338 e. The average Bonchev–Trinajstić information content (AvgIpc) is 2.49. The molecule has 0 bridgehead atoms.